The summed E-state index contributed by atoms with van der Waals surface area (Å²) in [4.78, 5) is 12.3. The fourth-order valence-electron chi connectivity index (χ4n) is 2.66. The summed E-state index contributed by atoms with van der Waals surface area (Å²) < 4.78 is 10.8. The lowest BCUT2D eigenvalue weighted by Gasteiger charge is -2.04. The molecular formula is C22H15ClN2O3. The van der Waals surface area contributed by atoms with Crippen LogP contribution in [0.2, 0.25) is 5.02 Å². The standard InChI is InChI=1S/C22H15ClN2O3/c23-19-12-10-17(11-13-19)21-25-24-20(28-21)14-27-22(26)18-8-6-16(7-9-18)15-4-2-1-3-5-15/h1-13H,14H2. The largest absolute Gasteiger partial charge is 0.452 e. The first-order valence-corrected chi connectivity index (χ1v) is 8.98. The highest BCUT2D eigenvalue weighted by molar-refractivity contribution is 6.30. The number of carbonyl (C=O) groups is 1. The van der Waals surface area contributed by atoms with E-state index >= 15 is 0 Å². The minimum absolute atomic E-state index is 0.0974. The second-order valence-corrected chi connectivity index (χ2v) is 6.46. The van der Waals surface area contributed by atoms with Crippen molar-refractivity contribution in [2.45, 2.75) is 6.61 Å². The van der Waals surface area contributed by atoms with Gasteiger partial charge in [0.25, 0.3) is 5.89 Å². The van der Waals surface area contributed by atoms with Crippen LogP contribution in [0, 0.1) is 0 Å². The Morgan fingerprint density at radius 3 is 2.18 bits per heavy atom. The van der Waals surface area contributed by atoms with E-state index in [-0.39, 0.29) is 12.5 Å². The lowest BCUT2D eigenvalue weighted by atomic mass is 10.0. The van der Waals surface area contributed by atoms with E-state index in [9.17, 15) is 4.79 Å². The molecule has 138 valence electrons. The van der Waals surface area contributed by atoms with E-state index in [4.69, 9.17) is 20.8 Å². The maximum absolute atomic E-state index is 12.3. The minimum atomic E-state index is -0.453. The van der Waals surface area contributed by atoms with Gasteiger partial charge in [-0.1, -0.05) is 54.1 Å². The molecule has 4 rings (SSSR count). The van der Waals surface area contributed by atoms with E-state index in [1.807, 2.05) is 42.5 Å². The van der Waals surface area contributed by atoms with E-state index in [0.29, 0.717) is 16.5 Å². The summed E-state index contributed by atoms with van der Waals surface area (Å²) in [6.45, 7) is -0.0974. The topological polar surface area (TPSA) is 65.2 Å². The van der Waals surface area contributed by atoms with Gasteiger partial charge in [-0.15, -0.1) is 10.2 Å². The van der Waals surface area contributed by atoms with Crippen LogP contribution in [-0.4, -0.2) is 16.2 Å². The Bertz CT molecular complexity index is 1070. The summed E-state index contributed by atoms with van der Waals surface area (Å²) in [6, 6.07) is 24.2. The first kappa shape index (κ1) is 17.9. The average molecular weight is 391 g/mol. The van der Waals surface area contributed by atoms with Crippen molar-refractivity contribution in [3.63, 3.8) is 0 Å². The molecule has 0 fully saturated rings. The Kier molecular flexibility index (Phi) is 5.17. The van der Waals surface area contributed by atoms with Gasteiger partial charge in [0, 0.05) is 10.6 Å². The van der Waals surface area contributed by atoms with Gasteiger partial charge in [0.15, 0.2) is 6.61 Å². The summed E-state index contributed by atoms with van der Waals surface area (Å²) in [7, 11) is 0. The molecule has 0 spiro atoms. The van der Waals surface area contributed by atoms with E-state index in [1.54, 1.807) is 36.4 Å². The Labute approximate surface area is 166 Å². The molecule has 0 bridgehead atoms. The highest BCUT2D eigenvalue weighted by Crippen LogP contribution is 2.21. The summed E-state index contributed by atoms with van der Waals surface area (Å²) in [5.74, 6) is 0.111. The second kappa shape index (κ2) is 8.06. The molecule has 0 amide bonds. The number of benzene rings is 3. The van der Waals surface area contributed by atoms with Crippen LogP contribution in [-0.2, 0) is 11.3 Å². The zero-order valence-electron chi connectivity index (χ0n) is 14.7. The Hall–Kier alpha value is -3.44. The third kappa shape index (κ3) is 4.10. The molecular weight excluding hydrogens is 376 g/mol. The van der Waals surface area contributed by atoms with Gasteiger partial charge in [0.05, 0.1) is 5.56 Å². The highest BCUT2D eigenvalue weighted by Gasteiger charge is 2.12. The SMILES string of the molecule is O=C(OCc1nnc(-c2ccc(Cl)cc2)o1)c1ccc(-c2ccccc2)cc1. The summed E-state index contributed by atoms with van der Waals surface area (Å²) in [5.41, 5.74) is 3.31. The van der Waals surface area contributed by atoms with Gasteiger partial charge in [-0.05, 0) is 47.5 Å². The summed E-state index contributed by atoms with van der Waals surface area (Å²) in [6.07, 6.45) is 0. The fourth-order valence-corrected chi connectivity index (χ4v) is 2.79. The normalized spacial score (nSPS) is 10.6. The maximum Gasteiger partial charge on any atom is 0.338 e. The van der Waals surface area contributed by atoms with E-state index in [1.165, 1.54) is 0 Å². The number of carbonyl (C=O) groups excluding carboxylic acids is 1. The molecule has 0 aliphatic heterocycles. The smallest absolute Gasteiger partial charge is 0.338 e. The van der Waals surface area contributed by atoms with Gasteiger partial charge in [-0.25, -0.2) is 4.79 Å². The fraction of sp³-hybridized carbons (Fsp3) is 0.0455. The average Bonchev–Trinajstić information content (AvgIpc) is 3.22. The first-order valence-electron chi connectivity index (χ1n) is 8.60. The third-order valence-electron chi connectivity index (χ3n) is 4.11. The molecule has 4 aromatic rings. The van der Waals surface area contributed by atoms with Gasteiger partial charge in [0.2, 0.25) is 5.89 Å². The van der Waals surface area contributed by atoms with Gasteiger partial charge in [-0.3, -0.25) is 0 Å². The number of rotatable bonds is 5. The molecule has 0 radical (unpaired) electrons. The van der Waals surface area contributed by atoms with Crippen LogP contribution in [0.3, 0.4) is 0 Å². The summed E-state index contributed by atoms with van der Waals surface area (Å²) >= 11 is 5.87. The molecule has 0 saturated heterocycles. The maximum atomic E-state index is 12.3. The monoisotopic (exact) mass is 390 g/mol. The van der Waals surface area contributed by atoms with Crippen molar-refractivity contribution in [3.05, 3.63) is 95.3 Å². The molecule has 28 heavy (non-hydrogen) atoms. The number of ether oxygens (including phenoxy) is 1. The van der Waals surface area contributed by atoms with Gasteiger partial charge in [0.1, 0.15) is 0 Å². The van der Waals surface area contributed by atoms with Crippen LogP contribution < -0.4 is 0 Å². The quantitative estimate of drug-likeness (QED) is 0.426. The Balaban J connectivity index is 1.39. The van der Waals surface area contributed by atoms with Crippen molar-refractivity contribution < 1.29 is 13.9 Å². The zero-order valence-corrected chi connectivity index (χ0v) is 15.5. The molecule has 0 N–H and O–H groups in total. The molecule has 1 heterocycles. The van der Waals surface area contributed by atoms with Gasteiger partial charge < -0.3 is 9.15 Å². The first-order chi connectivity index (χ1) is 13.7. The van der Waals surface area contributed by atoms with Crippen LogP contribution in [0.4, 0.5) is 0 Å². The predicted octanol–water partition coefficient (Wildman–Crippen LogP) is 5.41. The van der Waals surface area contributed by atoms with Crippen molar-refractivity contribution in [2.75, 3.05) is 0 Å². The lowest BCUT2D eigenvalue weighted by molar-refractivity contribution is 0.0438. The van der Waals surface area contributed by atoms with Crippen molar-refractivity contribution in [3.8, 4) is 22.6 Å². The van der Waals surface area contributed by atoms with Crippen LogP contribution in [0.1, 0.15) is 16.2 Å². The zero-order chi connectivity index (χ0) is 19.3. The molecule has 0 unspecified atom stereocenters. The van der Waals surface area contributed by atoms with Crippen molar-refractivity contribution >= 4 is 17.6 Å². The second-order valence-electron chi connectivity index (χ2n) is 6.03. The third-order valence-corrected chi connectivity index (χ3v) is 4.36. The molecule has 0 aliphatic carbocycles. The molecule has 0 atom stereocenters. The Morgan fingerprint density at radius 1 is 0.821 bits per heavy atom. The molecule has 1 aromatic heterocycles. The molecule has 5 nitrogen and oxygen atoms in total. The molecule has 0 aliphatic rings. The lowest BCUT2D eigenvalue weighted by Crippen LogP contribution is -2.05. The number of esters is 1. The number of aromatic nitrogens is 2. The van der Waals surface area contributed by atoms with Crippen molar-refractivity contribution in [1.82, 2.24) is 10.2 Å². The van der Waals surface area contributed by atoms with E-state index in [2.05, 4.69) is 10.2 Å². The highest BCUT2D eigenvalue weighted by atomic mass is 35.5. The molecule has 3 aromatic carbocycles. The molecule has 6 heteroatoms. The van der Waals surface area contributed by atoms with Crippen LogP contribution >= 0.6 is 11.6 Å². The van der Waals surface area contributed by atoms with Gasteiger partial charge >= 0.3 is 5.97 Å². The number of nitrogens with zero attached hydrogens (tertiary/aromatic N) is 2. The predicted molar refractivity (Wildman–Crippen MR) is 106 cm³/mol. The summed E-state index contributed by atoms with van der Waals surface area (Å²) in [5, 5.41) is 8.49. The van der Waals surface area contributed by atoms with Crippen LogP contribution in [0.15, 0.2) is 83.3 Å². The minimum Gasteiger partial charge on any atom is -0.452 e. The number of halogens is 1. The van der Waals surface area contributed by atoms with Crippen molar-refractivity contribution in [1.29, 1.82) is 0 Å². The Morgan fingerprint density at radius 2 is 1.46 bits per heavy atom. The van der Waals surface area contributed by atoms with Crippen LogP contribution in [0.5, 0.6) is 0 Å². The molecule has 0 saturated carbocycles. The number of hydrogen-bond donors (Lipinski definition) is 0. The van der Waals surface area contributed by atoms with E-state index < -0.39 is 5.97 Å². The van der Waals surface area contributed by atoms with Crippen LogP contribution in [0.25, 0.3) is 22.6 Å². The van der Waals surface area contributed by atoms with Crippen molar-refractivity contribution in [2.24, 2.45) is 0 Å². The number of hydrogen-bond acceptors (Lipinski definition) is 5. The van der Waals surface area contributed by atoms with E-state index in [0.717, 1.165) is 16.7 Å². The van der Waals surface area contributed by atoms with Gasteiger partial charge in [-0.2, -0.15) is 0 Å².